The number of amides is 2. The zero-order chi connectivity index (χ0) is 26.8. The van der Waals surface area contributed by atoms with E-state index in [1.54, 1.807) is 14.2 Å². The standard InChI is InChI=1S/C30H42N2O5/c1-6-31-17-9-10-18-32(29(33)16-14-23-13-15-27(35-4)28(20-23)36-5)24(19-22(2)3)21-37-26-12-8-7-11-25(26)30(31)34/h7-8,11-13,15,20,22,24H,6,9-10,14,16-19,21H2,1-5H3/t24-/m0/s1. The van der Waals surface area contributed by atoms with Gasteiger partial charge in [0.2, 0.25) is 5.91 Å². The highest BCUT2D eigenvalue weighted by Crippen LogP contribution is 2.28. The number of carbonyl (C=O) groups excluding carboxylic acids is 2. The largest absolute Gasteiger partial charge is 0.493 e. The number of hydrogen-bond donors (Lipinski definition) is 0. The number of para-hydroxylation sites is 1. The summed E-state index contributed by atoms with van der Waals surface area (Å²) in [6.07, 6.45) is 3.53. The maximum Gasteiger partial charge on any atom is 0.257 e. The number of fused-ring (bicyclic) bond motifs is 1. The van der Waals surface area contributed by atoms with E-state index >= 15 is 0 Å². The molecule has 2 amide bonds. The highest BCUT2D eigenvalue weighted by molar-refractivity contribution is 5.97. The summed E-state index contributed by atoms with van der Waals surface area (Å²) in [4.78, 5) is 30.7. The number of rotatable bonds is 8. The monoisotopic (exact) mass is 510 g/mol. The number of hydrogen-bond acceptors (Lipinski definition) is 5. The highest BCUT2D eigenvalue weighted by atomic mass is 16.5. The Morgan fingerprint density at radius 3 is 2.49 bits per heavy atom. The van der Waals surface area contributed by atoms with Crippen LogP contribution in [0, 0.1) is 5.92 Å². The van der Waals surface area contributed by atoms with Crippen LogP contribution in [0.5, 0.6) is 17.2 Å². The second-order valence-corrected chi connectivity index (χ2v) is 9.96. The summed E-state index contributed by atoms with van der Waals surface area (Å²) in [5.41, 5.74) is 1.61. The molecule has 0 N–H and O–H groups in total. The molecule has 1 aliphatic rings. The van der Waals surface area contributed by atoms with Crippen LogP contribution in [0.2, 0.25) is 0 Å². The Morgan fingerprint density at radius 1 is 1.05 bits per heavy atom. The Balaban J connectivity index is 1.81. The van der Waals surface area contributed by atoms with Crippen LogP contribution in [0.3, 0.4) is 0 Å². The number of benzene rings is 2. The van der Waals surface area contributed by atoms with Gasteiger partial charge in [-0.2, -0.15) is 0 Å². The molecule has 0 unspecified atom stereocenters. The predicted molar refractivity (Wildman–Crippen MR) is 146 cm³/mol. The van der Waals surface area contributed by atoms with Gasteiger partial charge >= 0.3 is 0 Å². The van der Waals surface area contributed by atoms with Gasteiger partial charge < -0.3 is 24.0 Å². The second-order valence-electron chi connectivity index (χ2n) is 9.96. The Kier molecular flexibility index (Phi) is 10.7. The van der Waals surface area contributed by atoms with Gasteiger partial charge in [0.05, 0.1) is 25.8 Å². The molecule has 7 nitrogen and oxygen atoms in total. The van der Waals surface area contributed by atoms with Crippen LogP contribution in [0.1, 0.15) is 62.4 Å². The summed E-state index contributed by atoms with van der Waals surface area (Å²) >= 11 is 0. The van der Waals surface area contributed by atoms with Crippen LogP contribution in [0.4, 0.5) is 0 Å². The van der Waals surface area contributed by atoms with Gasteiger partial charge in [0.15, 0.2) is 11.5 Å². The molecule has 1 atom stereocenters. The molecular weight excluding hydrogens is 468 g/mol. The predicted octanol–water partition coefficient (Wildman–Crippen LogP) is 5.21. The lowest BCUT2D eigenvalue weighted by molar-refractivity contribution is -0.134. The quantitative estimate of drug-likeness (QED) is 0.487. The van der Waals surface area contributed by atoms with Crippen LogP contribution >= 0.6 is 0 Å². The molecule has 0 saturated carbocycles. The number of carbonyl (C=O) groups is 2. The molecule has 37 heavy (non-hydrogen) atoms. The summed E-state index contributed by atoms with van der Waals surface area (Å²) in [5, 5.41) is 0. The summed E-state index contributed by atoms with van der Waals surface area (Å²) in [6, 6.07) is 13.2. The van der Waals surface area contributed by atoms with Crippen molar-refractivity contribution in [3.05, 3.63) is 53.6 Å². The molecule has 1 heterocycles. The molecule has 3 rings (SSSR count). The van der Waals surface area contributed by atoms with Gasteiger partial charge in [0.25, 0.3) is 5.91 Å². The lowest BCUT2D eigenvalue weighted by Crippen LogP contribution is -2.45. The molecule has 2 aromatic rings. The van der Waals surface area contributed by atoms with E-state index in [9.17, 15) is 9.59 Å². The van der Waals surface area contributed by atoms with Gasteiger partial charge in [-0.05, 0) is 68.4 Å². The molecular formula is C30H42N2O5. The zero-order valence-electron chi connectivity index (χ0n) is 23.0. The van der Waals surface area contributed by atoms with Gasteiger partial charge in [-0.3, -0.25) is 9.59 Å². The fourth-order valence-corrected chi connectivity index (χ4v) is 4.88. The van der Waals surface area contributed by atoms with Crippen LogP contribution in [-0.2, 0) is 11.2 Å². The highest BCUT2D eigenvalue weighted by Gasteiger charge is 2.27. The third-order valence-electron chi connectivity index (χ3n) is 6.87. The fraction of sp³-hybridized carbons (Fsp3) is 0.533. The second kappa shape index (κ2) is 13.9. The first kappa shape index (κ1) is 28.4. The van der Waals surface area contributed by atoms with Crippen molar-refractivity contribution in [3.8, 4) is 17.2 Å². The van der Waals surface area contributed by atoms with Gasteiger partial charge in [-0.1, -0.05) is 32.0 Å². The maximum atomic E-state index is 13.6. The van der Waals surface area contributed by atoms with Crippen molar-refractivity contribution in [3.63, 3.8) is 0 Å². The van der Waals surface area contributed by atoms with Gasteiger partial charge in [0.1, 0.15) is 12.4 Å². The molecule has 7 heteroatoms. The molecule has 0 aliphatic carbocycles. The number of ether oxygens (including phenoxy) is 3. The van der Waals surface area contributed by atoms with Crippen LogP contribution in [0.25, 0.3) is 0 Å². The van der Waals surface area contributed by atoms with Crippen molar-refractivity contribution in [1.29, 1.82) is 0 Å². The van der Waals surface area contributed by atoms with Crippen molar-refractivity contribution in [2.75, 3.05) is 40.5 Å². The lowest BCUT2D eigenvalue weighted by Gasteiger charge is -2.34. The minimum Gasteiger partial charge on any atom is -0.493 e. The van der Waals surface area contributed by atoms with E-state index in [1.807, 2.05) is 59.2 Å². The summed E-state index contributed by atoms with van der Waals surface area (Å²) < 4.78 is 17.0. The Hall–Kier alpha value is -3.22. The van der Waals surface area contributed by atoms with Crippen molar-refractivity contribution in [2.45, 2.75) is 58.9 Å². The molecule has 0 fully saturated rings. The Bertz CT molecular complexity index is 1040. The van der Waals surface area contributed by atoms with Crippen molar-refractivity contribution in [1.82, 2.24) is 9.80 Å². The van der Waals surface area contributed by atoms with Gasteiger partial charge in [-0.15, -0.1) is 0 Å². The topological polar surface area (TPSA) is 68.3 Å². The van der Waals surface area contributed by atoms with Crippen molar-refractivity contribution < 1.29 is 23.8 Å². The number of aryl methyl sites for hydroxylation is 1. The van der Waals surface area contributed by atoms with Crippen molar-refractivity contribution >= 4 is 11.8 Å². The third kappa shape index (κ3) is 7.63. The maximum absolute atomic E-state index is 13.6. The van der Waals surface area contributed by atoms with E-state index in [2.05, 4.69) is 13.8 Å². The molecule has 0 spiro atoms. The van der Waals surface area contributed by atoms with Crippen LogP contribution < -0.4 is 14.2 Å². The first-order chi connectivity index (χ1) is 17.9. The third-order valence-corrected chi connectivity index (χ3v) is 6.87. The van der Waals surface area contributed by atoms with E-state index in [0.29, 0.717) is 67.8 Å². The van der Waals surface area contributed by atoms with Crippen LogP contribution in [-0.4, -0.2) is 68.1 Å². The fourth-order valence-electron chi connectivity index (χ4n) is 4.88. The molecule has 0 bridgehead atoms. The number of methoxy groups -OCH3 is 2. The summed E-state index contributed by atoms with van der Waals surface area (Å²) in [7, 11) is 3.23. The number of nitrogens with zero attached hydrogens (tertiary/aromatic N) is 2. The first-order valence-corrected chi connectivity index (χ1v) is 13.4. The van der Waals surface area contributed by atoms with Gasteiger partial charge in [0, 0.05) is 26.1 Å². The molecule has 0 aromatic heterocycles. The molecule has 0 saturated heterocycles. The summed E-state index contributed by atoms with van der Waals surface area (Å²) in [5.74, 6) is 2.45. The smallest absolute Gasteiger partial charge is 0.257 e. The average Bonchev–Trinajstić information content (AvgIpc) is 2.90. The van der Waals surface area contributed by atoms with Gasteiger partial charge in [-0.25, -0.2) is 0 Å². The van der Waals surface area contributed by atoms with E-state index in [1.165, 1.54) is 0 Å². The van der Waals surface area contributed by atoms with E-state index in [0.717, 1.165) is 24.8 Å². The average molecular weight is 511 g/mol. The molecule has 202 valence electrons. The Morgan fingerprint density at radius 2 is 1.78 bits per heavy atom. The molecule has 2 aromatic carbocycles. The molecule has 0 radical (unpaired) electrons. The van der Waals surface area contributed by atoms with Crippen molar-refractivity contribution in [2.24, 2.45) is 5.92 Å². The lowest BCUT2D eigenvalue weighted by atomic mass is 10.0. The minimum absolute atomic E-state index is 0.00179. The van der Waals surface area contributed by atoms with E-state index < -0.39 is 0 Å². The first-order valence-electron chi connectivity index (χ1n) is 13.4. The Labute approximate surface area is 221 Å². The summed E-state index contributed by atoms with van der Waals surface area (Å²) in [6.45, 7) is 8.63. The normalized spacial score (nSPS) is 16.9. The SMILES string of the molecule is CCN1CCCCN(C(=O)CCc2ccc(OC)c(OC)c2)[C@@H](CC(C)C)COc2ccccc2C1=O. The van der Waals surface area contributed by atoms with E-state index in [-0.39, 0.29) is 17.9 Å². The van der Waals surface area contributed by atoms with Crippen LogP contribution in [0.15, 0.2) is 42.5 Å². The molecule has 1 aliphatic heterocycles. The minimum atomic E-state index is -0.0669. The zero-order valence-corrected chi connectivity index (χ0v) is 23.0. The van der Waals surface area contributed by atoms with E-state index in [4.69, 9.17) is 14.2 Å².